The molecule has 0 spiro atoms. The molecule has 0 aromatic rings. The molecule has 60 valence electrons. The molecular formula is C5H10KNO4. The van der Waals surface area contributed by atoms with E-state index in [1.807, 2.05) is 0 Å². The van der Waals surface area contributed by atoms with Gasteiger partial charge in [-0.2, -0.15) is 0 Å². The molecule has 0 aliphatic carbocycles. The Hall–Kier alpha value is 0.536. The normalized spacial score (nSPS) is 11.4. The summed E-state index contributed by atoms with van der Waals surface area (Å²) >= 11 is 0. The van der Waals surface area contributed by atoms with Gasteiger partial charge in [-0.15, -0.1) is 0 Å². The van der Waals surface area contributed by atoms with Gasteiger partial charge in [-0.05, 0) is 6.42 Å². The minimum absolute atomic E-state index is 0. The molecule has 0 rings (SSSR count). The zero-order valence-electron chi connectivity index (χ0n) is 5.28. The van der Waals surface area contributed by atoms with Gasteiger partial charge < -0.3 is 15.9 Å². The molecule has 0 amide bonds. The molecule has 0 fully saturated rings. The van der Waals surface area contributed by atoms with E-state index in [4.69, 9.17) is 15.9 Å². The fourth-order valence-corrected chi connectivity index (χ4v) is 0.402. The zero-order valence-corrected chi connectivity index (χ0v) is 5.28. The molecule has 5 nitrogen and oxygen atoms in total. The number of rotatable bonds is 4. The number of hydrogen-bond donors (Lipinski definition) is 3. The number of carboxylic acids is 2. The number of hydrogen-bond acceptors (Lipinski definition) is 3. The molecule has 0 aromatic carbocycles. The zero-order chi connectivity index (χ0) is 8.15. The van der Waals surface area contributed by atoms with Crippen LogP contribution in [0.1, 0.15) is 12.8 Å². The van der Waals surface area contributed by atoms with Crippen LogP contribution in [-0.4, -0.2) is 79.6 Å². The fourth-order valence-electron chi connectivity index (χ4n) is 0.402. The van der Waals surface area contributed by atoms with E-state index in [9.17, 15) is 9.59 Å². The van der Waals surface area contributed by atoms with E-state index in [0.717, 1.165) is 0 Å². The third kappa shape index (κ3) is 8.44. The van der Waals surface area contributed by atoms with Gasteiger partial charge in [0.1, 0.15) is 6.04 Å². The number of nitrogens with two attached hydrogens (primary N) is 1. The van der Waals surface area contributed by atoms with Crippen molar-refractivity contribution in [1.29, 1.82) is 0 Å². The topological polar surface area (TPSA) is 101 Å². The quantitative estimate of drug-likeness (QED) is 0.471. The van der Waals surface area contributed by atoms with Gasteiger partial charge in [-0.25, -0.2) is 0 Å². The predicted octanol–water partition coefficient (Wildman–Crippen LogP) is -1.39. The summed E-state index contributed by atoms with van der Waals surface area (Å²) in [6.45, 7) is 0. The first-order chi connectivity index (χ1) is 4.54. The molecule has 1 atom stereocenters. The van der Waals surface area contributed by atoms with Gasteiger partial charge in [0.25, 0.3) is 0 Å². The third-order valence-electron chi connectivity index (χ3n) is 0.986. The second-order valence-electron chi connectivity index (χ2n) is 1.88. The molecule has 1 unspecified atom stereocenters. The summed E-state index contributed by atoms with van der Waals surface area (Å²) in [5.74, 6) is -2.20. The molecule has 0 radical (unpaired) electrons. The predicted molar refractivity (Wildman–Crippen MR) is 39.6 cm³/mol. The molecule has 0 heterocycles. The maximum absolute atomic E-state index is 9.99. The van der Waals surface area contributed by atoms with Crippen molar-refractivity contribution in [1.82, 2.24) is 0 Å². The van der Waals surface area contributed by atoms with E-state index in [-0.39, 0.29) is 64.2 Å². The molecule has 11 heavy (non-hydrogen) atoms. The van der Waals surface area contributed by atoms with Gasteiger partial charge >= 0.3 is 63.3 Å². The van der Waals surface area contributed by atoms with Crippen LogP contribution in [0.3, 0.4) is 0 Å². The van der Waals surface area contributed by atoms with Crippen molar-refractivity contribution < 1.29 is 19.8 Å². The molecule has 0 aliphatic heterocycles. The summed E-state index contributed by atoms with van der Waals surface area (Å²) in [6.07, 6.45) is -0.224. The summed E-state index contributed by atoms with van der Waals surface area (Å²) in [4.78, 5) is 19.9. The molecule has 0 aromatic heterocycles. The van der Waals surface area contributed by atoms with E-state index >= 15 is 0 Å². The first kappa shape index (κ1) is 14.1. The Morgan fingerprint density at radius 1 is 1.36 bits per heavy atom. The number of carboxylic acid groups (broad SMARTS) is 2. The van der Waals surface area contributed by atoms with Gasteiger partial charge in [0.15, 0.2) is 0 Å². The van der Waals surface area contributed by atoms with Crippen molar-refractivity contribution in [3.8, 4) is 0 Å². The summed E-state index contributed by atoms with van der Waals surface area (Å²) < 4.78 is 0. The van der Waals surface area contributed by atoms with Gasteiger partial charge in [0.2, 0.25) is 0 Å². The van der Waals surface area contributed by atoms with Gasteiger partial charge in [0.05, 0.1) is 0 Å². The van der Waals surface area contributed by atoms with Crippen LogP contribution in [0.2, 0.25) is 0 Å². The van der Waals surface area contributed by atoms with Gasteiger partial charge in [-0.3, -0.25) is 9.59 Å². The summed E-state index contributed by atoms with van der Waals surface area (Å²) in [5.41, 5.74) is 5.00. The van der Waals surface area contributed by atoms with E-state index in [1.54, 1.807) is 0 Å². The van der Waals surface area contributed by atoms with Crippen LogP contribution >= 0.6 is 0 Å². The van der Waals surface area contributed by atoms with Crippen molar-refractivity contribution in [2.45, 2.75) is 18.9 Å². The molecule has 0 bridgehead atoms. The van der Waals surface area contributed by atoms with E-state index < -0.39 is 18.0 Å². The molecule has 6 heteroatoms. The Morgan fingerprint density at radius 2 is 1.82 bits per heavy atom. The monoisotopic (exact) mass is 187 g/mol. The van der Waals surface area contributed by atoms with Crippen LogP contribution in [0.15, 0.2) is 0 Å². The van der Waals surface area contributed by atoms with Crippen molar-refractivity contribution in [3.63, 3.8) is 0 Å². The summed E-state index contributed by atoms with van der Waals surface area (Å²) in [6, 6.07) is -1.06. The van der Waals surface area contributed by atoms with Crippen molar-refractivity contribution in [3.05, 3.63) is 0 Å². The molecule has 0 saturated heterocycles. The van der Waals surface area contributed by atoms with Crippen LogP contribution in [0.5, 0.6) is 0 Å². The van der Waals surface area contributed by atoms with Crippen molar-refractivity contribution in [2.75, 3.05) is 0 Å². The van der Waals surface area contributed by atoms with Crippen LogP contribution in [0.25, 0.3) is 0 Å². The molecule has 0 aliphatic rings. The number of carbonyl (C=O) groups is 2. The van der Waals surface area contributed by atoms with Gasteiger partial charge in [-0.1, -0.05) is 0 Å². The Balaban J connectivity index is 0. The molecule has 4 N–H and O–H groups in total. The Labute approximate surface area is 106 Å². The Bertz CT molecular complexity index is 149. The molecule has 0 saturated carbocycles. The van der Waals surface area contributed by atoms with Crippen LogP contribution in [0, 0.1) is 0 Å². The first-order valence-corrected chi connectivity index (χ1v) is 2.74. The fraction of sp³-hybridized carbons (Fsp3) is 0.600. The Kier molecular flexibility index (Phi) is 9.22. The first-order valence-electron chi connectivity index (χ1n) is 2.74. The van der Waals surface area contributed by atoms with Crippen LogP contribution < -0.4 is 5.73 Å². The van der Waals surface area contributed by atoms with E-state index in [0.29, 0.717) is 0 Å². The summed E-state index contributed by atoms with van der Waals surface area (Å²) in [7, 11) is 0. The number of aliphatic carboxylic acids is 2. The van der Waals surface area contributed by atoms with Crippen molar-refractivity contribution >= 4 is 63.3 Å². The average Bonchev–Trinajstić information content (AvgIpc) is 1.82. The second-order valence-corrected chi connectivity index (χ2v) is 1.88. The average molecular weight is 187 g/mol. The van der Waals surface area contributed by atoms with E-state index in [2.05, 4.69) is 0 Å². The van der Waals surface area contributed by atoms with Crippen LogP contribution in [-0.2, 0) is 9.59 Å². The SMILES string of the molecule is NC(CCC(=O)O)C(=O)O.[KH]. The van der Waals surface area contributed by atoms with Crippen molar-refractivity contribution in [2.24, 2.45) is 5.73 Å². The Morgan fingerprint density at radius 3 is 2.09 bits per heavy atom. The van der Waals surface area contributed by atoms with Gasteiger partial charge in [0, 0.05) is 6.42 Å². The minimum atomic E-state index is -1.17. The maximum atomic E-state index is 9.99. The third-order valence-corrected chi connectivity index (χ3v) is 0.986. The van der Waals surface area contributed by atoms with E-state index in [1.165, 1.54) is 0 Å². The molecular weight excluding hydrogens is 177 g/mol. The van der Waals surface area contributed by atoms with Crippen LogP contribution in [0.4, 0.5) is 0 Å². The second kappa shape index (κ2) is 7.20. The summed E-state index contributed by atoms with van der Waals surface area (Å²) in [5, 5.41) is 16.3. The standard InChI is InChI=1S/C5H9NO4.K.H/c6-3(5(9)10)1-2-4(7)8;;/h3H,1-2,6H2,(H,7,8)(H,9,10);;.